The van der Waals surface area contributed by atoms with Gasteiger partial charge in [0.15, 0.2) is 0 Å². The average Bonchev–Trinajstić information content (AvgIpc) is 2.70. The summed E-state index contributed by atoms with van der Waals surface area (Å²) >= 11 is 0. The molecule has 152 valence electrons. The highest BCUT2D eigenvalue weighted by Crippen LogP contribution is 2.34. The molecule has 0 saturated heterocycles. The van der Waals surface area contributed by atoms with E-state index in [0.29, 0.717) is 12.0 Å². The van der Waals surface area contributed by atoms with Crippen LogP contribution in [-0.2, 0) is 17.8 Å². The summed E-state index contributed by atoms with van der Waals surface area (Å²) in [6.07, 6.45) is -6.43. The average molecular weight is 401 g/mol. The first-order valence-electron chi connectivity index (χ1n) is 8.30. The molecular formula is C19H19F4NO4. The van der Waals surface area contributed by atoms with Crippen LogP contribution in [0.5, 0.6) is 5.75 Å². The van der Waals surface area contributed by atoms with Crippen molar-refractivity contribution in [3.63, 3.8) is 0 Å². The molecule has 1 N–H and O–H groups in total. The van der Waals surface area contributed by atoms with Crippen LogP contribution in [0.15, 0.2) is 36.4 Å². The molecule has 0 bridgehead atoms. The van der Waals surface area contributed by atoms with Gasteiger partial charge in [-0.2, -0.15) is 5.06 Å². The minimum atomic E-state index is -2.94. The Labute approximate surface area is 159 Å². The number of carbonyl (C=O) groups is 1. The SMILES string of the molecule is CCc1ccc(OCc2c(C(F)F)cccc2N(O)C(=O)OC)c(C(F)F)c1. The largest absolute Gasteiger partial charge is 0.488 e. The second-order valence-electron chi connectivity index (χ2n) is 5.74. The zero-order valence-corrected chi connectivity index (χ0v) is 15.2. The van der Waals surface area contributed by atoms with Gasteiger partial charge < -0.3 is 9.47 Å². The molecule has 0 aliphatic rings. The predicted molar refractivity (Wildman–Crippen MR) is 93.2 cm³/mol. The number of hydrogen-bond donors (Lipinski definition) is 1. The maximum absolute atomic E-state index is 13.4. The van der Waals surface area contributed by atoms with E-state index in [0.717, 1.165) is 13.2 Å². The number of halogens is 4. The number of anilines is 1. The Morgan fingerprint density at radius 3 is 2.36 bits per heavy atom. The smallest absolute Gasteiger partial charge is 0.438 e. The molecule has 2 aromatic carbocycles. The normalized spacial score (nSPS) is 11.0. The Morgan fingerprint density at radius 2 is 1.79 bits per heavy atom. The highest BCUT2D eigenvalue weighted by molar-refractivity contribution is 5.86. The molecular weight excluding hydrogens is 382 g/mol. The van der Waals surface area contributed by atoms with Crippen LogP contribution in [0.2, 0.25) is 0 Å². The number of amides is 1. The topological polar surface area (TPSA) is 59.0 Å². The van der Waals surface area contributed by atoms with Gasteiger partial charge in [-0.3, -0.25) is 5.21 Å². The molecule has 0 saturated carbocycles. The number of ether oxygens (including phenoxy) is 2. The molecule has 0 fully saturated rings. The van der Waals surface area contributed by atoms with Gasteiger partial charge in [-0.25, -0.2) is 22.4 Å². The standard InChI is InChI=1S/C19H19F4NO4/c1-3-11-7-8-16(13(9-11)18(22)23)28-10-14-12(17(20)21)5-4-6-15(14)24(26)19(25)27-2/h4-9,17-18,26H,3,10H2,1-2H3. The third-order valence-corrected chi connectivity index (χ3v) is 4.09. The van der Waals surface area contributed by atoms with Crippen molar-refractivity contribution in [1.29, 1.82) is 0 Å². The molecule has 0 aliphatic heterocycles. The van der Waals surface area contributed by atoms with Gasteiger partial charge in [-0.15, -0.1) is 0 Å². The van der Waals surface area contributed by atoms with Crippen molar-refractivity contribution in [2.75, 3.05) is 12.2 Å². The molecule has 0 spiro atoms. The summed E-state index contributed by atoms with van der Waals surface area (Å²) in [6, 6.07) is 7.72. The lowest BCUT2D eigenvalue weighted by Crippen LogP contribution is -2.28. The number of nitrogens with zero attached hydrogens (tertiary/aromatic N) is 1. The second kappa shape index (κ2) is 9.41. The van der Waals surface area contributed by atoms with Crippen LogP contribution in [0.25, 0.3) is 0 Å². The molecule has 1 amide bonds. The van der Waals surface area contributed by atoms with E-state index >= 15 is 0 Å². The number of carbonyl (C=O) groups excluding carboxylic acids is 1. The summed E-state index contributed by atoms with van der Waals surface area (Å²) in [5, 5.41) is 9.98. The maximum Gasteiger partial charge on any atom is 0.438 e. The lowest BCUT2D eigenvalue weighted by molar-refractivity contribution is 0.136. The number of methoxy groups -OCH3 is 1. The Kier molecular flexibility index (Phi) is 7.22. The van der Waals surface area contributed by atoms with E-state index in [2.05, 4.69) is 4.74 Å². The Morgan fingerprint density at radius 1 is 1.11 bits per heavy atom. The number of benzene rings is 2. The van der Waals surface area contributed by atoms with Gasteiger partial charge in [0.1, 0.15) is 12.4 Å². The fraction of sp³-hybridized carbons (Fsp3) is 0.316. The highest BCUT2D eigenvalue weighted by Gasteiger charge is 2.24. The van der Waals surface area contributed by atoms with Crippen LogP contribution in [-0.4, -0.2) is 18.4 Å². The summed E-state index contributed by atoms with van der Waals surface area (Å²) in [5.74, 6) is -0.176. The van der Waals surface area contributed by atoms with E-state index in [1.807, 2.05) is 0 Å². The van der Waals surface area contributed by atoms with Gasteiger partial charge in [0.2, 0.25) is 0 Å². The third-order valence-electron chi connectivity index (χ3n) is 4.09. The van der Waals surface area contributed by atoms with Crippen molar-refractivity contribution in [2.24, 2.45) is 0 Å². The van der Waals surface area contributed by atoms with Gasteiger partial charge in [-0.05, 0) is 30.2 Å². The van der Waals surface area contributed by atoms with E-state index in [4.69, 9.17) is 4.74 Å². The fourth-order valence-electron chi connectivity index (χ4n) is 2.61. The third kappa shape index (κ3) is 4.72. The van der Waals surface area contributed by atoms with Gasteiger partial charge in [0.25, 0.3) is 12.9 Å². The highest BCUT2D eigenvalue weighted by atomic mass is 19.3. The van der Waals surface area contributed by atoms with Gasteiger partial charge >= 0.3 is 6.09 Å². The van der Waals surface area contributed by atoms with Crippen LogP contribution < -0.4 is 9.80 Å². The van der Waals surface area contributed by atoms with E-state index in [1.54, 1.807) is 13.0 Å². The molecule has 5 nitrogen and oxygen atoms in total. The fourth-order valence-corrected chi connectivity index (χ4v) is 2.61. The van der Waals surface area contributed by atoms with Gasteiger partial charge in [-0.1, -0.05) is 25.1 Å². The van der Waals surface area contributed by atoms with Crippen molar-refractivity contribution in [3.8, 4) is 5.75 Å². The number of rotatable bonds is 7. The van der Waals surface area contributed by atoms with Gasteiger partial charge in [0, 0.05) is 11.1 Å². The molecule has 2 rings (SSSR count). The number of hydrogen-bond acceptors (Lipinski definition) is 4. The van der Waals surface area contributed by atoms with Crippen molar-refractivity contribution in [3.05, 3.63) is 58.7 Å². The number of aryl methyl sites for hydroxylation is 1. The molecule has 28 heavy (non-hydrogen) atoms. The summed E-state index contributed by atoms with van der Waals surface area (Å²) in [5.41, 5.74) is -0.740. The van der Waals surface area contributed by atoms with Crippen molar-refractivity contribution < 1.29 is 37.0 Å². The summed E-state index contributed by atoms with van der Waals surface area (Å²) in [4.78, 5) is 11.6. The van der Waals surface area contributed by atoms with E-state index in [-0.39, 0.29) is 27.6 Å². The molecule has 0 aromatic heterocycles. The first-order valence-corrected chi connectivity index (χ1v) is 8.30. The number of hydroxylamine groups is 1. The van der Waals surface area contributed by atoms with Crippen molar-refractivity contribution in [1.82, 2.24) is 0 Å². The van der Waals surface area contributed by atoms with Crippen LogP contribution in [0, 0.1) is 0 Å². The van der Waals surface area contributed by atoms with E-state index in [1.165, 1.54) is 24.3 Å². The Balaban J connectivity index is 2.42. The monoisotopic (exact) mass is 401 g/mol. The molecule has 0 heterocycles. The Bertz CT molecular complexity index is 830. The van der Waals surface area contributed by atoms with Crippen LogP contribution in [0.4, 0.5) is 28.0 Å². The molecule has 0 aliphatic carbocycles. The minimum Gasteiger partial charge on any atom is -0.488 e. The van der Waals surface area contributed by atoms with E-state index < -0.39 is 31.1 Å². The zero-order valence-electron chi connectivity index (χ0n) is 15.2. The first kappa shape index (κ1) is 21.5. The lowest BCUT2D eigenvalue weighted by Gasteiger charge is -2.21. The predicted octanol–water partition coefficient (Wildman–Crippen LogP) is 5.67. The van der Waals surface area contributed by atoms with Gasteiger partial charge in [0.05, 0.1) is 18.4 Å². The second-order valence-corrected chi connectivity index (χ2v) is 5.74. The van der Waals surface area contributed by atoms with Crippen molar-refractivity contribution in [2.45, 2.75) is 32.8 Å². The Hall–Kier alpha value is -2.81. The molecule has 0 atom stereocenters. The molecule has 0 unspecified atom stereocenters. The number of alkyl halides is 4. The van der Waals surface area contributed by atoms with Crippen molar-refractivity contribution >= 4 is 11.8 Å². The molecule has 9 heteroatoms. The van der Waals surface area contributed by atoms with Crippen LogP contribution in [0.3, 0.4) is 0 Å². The minimum absolute atomic E-state index is 0.0543. The quantitative estimate of drug-likeness (QED) is 0.369. The summed E-state index contributed by atoms with van der Waals surface area (Å²) in [7, 11) is 1.00. The zero-order chi connectivity index (χ0) is 20.8. The lowest BCUT2D eigenvalue weighted by atomic mass is 10.1. The molecule has 0 radical (unpaired) electrons. The van der Waals surface area contributed by atoms with E-state index in [9.17, 15) is 27.6 Å². The summed E-state index contributed by atoms with van der Waals surface area (Å²) in [6.45, 7) is 1.23. The first-order chi connectivity index (χ1) is 13.3. The van der Waals surface area contributed by atoms with Crippen LogP contribution >= 0.6 is 0 Å². The van der Waals surface area contributed by atoms with Crippen LogP contribution in [0.1, 0.15) is 42.0 Å². The summed E-state index contributed by atoms with van der Waals surface area (Å²) < 4.78 is 63.2. The maximum atomic E-state index is 13.4. The molecule has 2 aromatic rings.